The Bertz CT molecular complexity index is 704. The summed E-state index contributed by atoms with van der Waals surface area (Å²) in [5.74, 6) is -2.27. The molecule has 7 nitrogen and oxygen atoms in total. The van der Waals surface area contributed by atoms with Crippen LogP contribution in [0.4, 0.5) is 0 Å². The van der Waals surface area contributed by atoms with Crippen molar-refractivity contribution in [1.82, 2.24) is 5.32 Å². The van der Waals surface area contributed by atoms with E-state index in [1.54, 1.807) is 0 Å². The minimum Gasteiger partial charge on any atom is -0.480 e. The largest absolute Gasteiger partial charge is 0.480 e. The Balaban J connectivity index is 0.000000263. The van der Waals surface area contributed by atoms with Gasteiger partial charge >= 0.3 is 11.9 Å². The number of carbonyl (C=O) groups is 3. The molecule has 0 radical (unpaired) electrons. The summed E-state index contributed by atoms with van der Waals surface area (Å²) >= 11 is 0. The van der Waals surface area contributed by atoms with Crippen LogP contribution >= 0.6 is 0 Å². The smallest absolute Gasteiger partial charge is 0.322 e. The maximum atomic E-state index is 11.1. The van der Waals surface area contributed by atoms with E-state index in [0.717, 1.165) is 11.1 Å². The maximum Gasteiger partial charge on any atom is 0.322 e. The van der Waals surface area contributed by atoms with Crippen LogP contribution in [0.3, 0.4) is 0 Å². The molecule has 1 unspecified atom stereocenters. The molecule has 0 bridgehead atoms. The number of nitrogens with one attached hydrogen (secondary N) is 1. The van der Waals surface area contributed by atoms with Crippen LogP contribution in [0.1, 0.15) is 11.1 Å². The van der Waals surface area contributed by atoms with E-state index in [9.17, 15) is 14.4 Å². The van der Waals surface area contributed by atoms with E-state index in [-0.39, 0.29) is 18.9 Å². The van der Waals surface area contributed by atoms with Gasteiger partial charge in [0, 0.05) is 0 Å². The minimum absolute atomic E-state index is 0.216. The summed E-state index contributed by atoms with van der Waals surface area (Å²) < 4.78 is 0. The second-order valence-electron chi connectivity index (χ2n) is 5.47. The van der Waals surface area contributed by atoms with Gasteiger partial charge in [0.25, 0.3) is 0 Å². The fourth-order valence-electron chi connectivity index (χ4n) is 1.97. The van der Waals surface area contributed by atoms with Crippen LogP contribution in [0.2, 0.25) is 0 Å². The highest BCUT2D eigenvalue weighted by Crippen LogP contribution is 2.01. The van der Waals surface area contributed by atoms with E-state index in [4.69, 9.17) is 15.9 Å². The standard InChI is InChI=1S/C10H11NO3.C9H11NO2/c12-9(11-7-10(13)14)6-8-4-2-1-3-5-8;10-8(9(11)12)6-7-4-2-1-3-5-7/h1-5H,6-7H2,(H,11,12)(H,13,14);1-5,8H,6,10H2,(H,11,12). The average Bonchev–Trinajstić information content (AvgIpc) is 2.62. The van der Waals surface area contributed by atoms with Gasteiger partial charge in [0.15, 0.2) is 0 Å². The molecule has 138 valence electrons. The van der Waals surface area contributed by atoms with E-state index < -0.39 is 18.0 Å². The van der Waals surface area contributed by atoms with Crippen LogP contribution in [-0.4, -0.2) is 40.6 Å². The molecule has 1 atom stereocenters. The van der Waals surface area contributed by atoms with Gasteiger partial charge in [-0.3, -0.25) is 14.4 Å². The normalized spacial score (nSPS) is 10.8. The minimum atomic E-state index is -1.04. The lowest BCUT2D eigenvalue weighted by Crippen LogP contribution is -2.32. The zero-order valence-corrected chi connectivity index (χ0v) is 14.2. The summed E-state index contributed by atoms with van der Waals surface area (Å²) in [6, 6.07) is 17.7. The molecule has 0 heterocycles. The molecule has 0 saturated heterocycles. The van der Waals surface area contributed by atoms with Gasteiger partial charge in [0.05, 0.1) is 6.42 Å². The molecule has 2 aromatic rings. The summed E-state index contributed by atoms with van der Waals surface area (Å²) in [4.78, 5) is 31.7. The van der Waals surface area contributed by atoms with Gasteiger partial charge in [0.1, 0.15) is 12.6 Å². The van der Waals surface area contributed by atoms with Gasteiger partial charge in [0.2, 0.25) is 5.91 Å². The Kier molecular flexibility index (Phi) is 9.13. The van der Waals surface area contributed by atoms with E-state index in [1.807, 2.05) is 60.7 Å². The topological polar surface area (TPSA) is 130 Å². The Morgan fingerprint density at radius 1 is 0.885 bits per heavy atom. The molecule has 0 fully saturated rings. The monoisotopic (exact) mass is 358 g/mol. The van der Waals surface area contributed by atoms with Crippen LogP contribution in [0.15, 0.2) is 60.7 Å². The first-order chi connectivity index (χ1) is 12.4. The first-order valence-corrected chi connectivity index (χ1v) is 7.93. The number of carboxylic acids is 2. The lowest BCUT2D eigenvalue weighted by atomic mass is 10.1. The quantitative estimate of drug-likeness (QED) is 0.586. The molecule has 0 spiro atoms. The zero-order valence-electron chi connectivity index (χ0n) is 14.2. The molecule has 0 aliphatic carbocycles. The van der Waals surface area contributed by atoms with Gasteiger partial charge in [-0.25, -0.2) is 0 Å². The Labute approximate surface area is 151 Å². The second kappa shape index (κ2) is 11.4. The number of benzene rings is 2. The van der Waals surface area contributed by atoms with Gasteiger partial charge in [-0.2, -0.15) is 0 Å². The van der Waals surface area contributed by atoms with Gasteiger partial charge in [-0.05, 0) is 17.5 Å². The first kappa shape index (κ1) is 20.9. The van der Waals surface area contributed by atoms with Gasteiger partial charge < -0.3 is 21.3 Å². The predicted molar refractivity (Wildman–Crippen MR) is 96.5 cm³/mol. The highest BCUT2D eigenvalue weighted by Gasteiger charge is 2.11. The summed E-state index contributed by atoms with van der Waals surface area (Å²) in [7, 11) is 0. The van der Waals surface area contributed by atoms with Crippen LogP contribution in [0.25, 0.3) is 0 Å². The molecular weight excluding hydrogens is 336 g/mol. The number of amides is 1. The van der Waals surface area contributed by atoms with Crippen molar-refractivity contribution in [2.24, 2.45) is 5.73 Å². The highest BCUT2D eigenvalue weighted by molar-refractivity contribution is 5.82. The summed E-state index contributed by atoms with van der Waals surface area (Å²) in [6.07, 6.45) is 0.601. The SMILES string of the molecule is NC(Cc1ccccc1)C(=O)O.O=C(O)CNC(=O)Cc1ccccc1. The highest BCUT2D eigenvalue weighted by atomic mass is 16.4. The molecule has 2 rings (SSSR count). The first-order valence-electron chi connectivity index (χ1n) is 7.93. The number of carboxylic acid groups (broad SMARTS) is 2. The maximum absolute atomic E-state index is 11.1. The number of aliphatic carboxylic acids is 2. The number of carbonyl (C=O) groups excluding carboxylic acids is 1. The molecule has 1 amide bonds. The Morgan fingerprint density at radius 3 is 1.85 bits per heavy atom. The van der Waals surface area contributed by atoms with Crippen LogP contribution < -0.4 is 11.1 Å². The third-order valence-electron chi connectivity index (χ3n) is 3.26. The molecule has 2 aromatic carbocycles. The van der Waals surface area contributed by atoms with Gasteiger partial charge in [-0.15, -0.1) is 0 Å². The molecular formula is C19H22N2O5. The molecule has 0 aliphatic heterocycles. The summed E-state index contributed by atoms with van der Waals surface area (Å²) in [6.45, 7) is -0.328. The van der Waals surface area contributed by atoms with E-state index in [2.05, 4.69) is 5.32 Å². The Morgan fingerprint density at radius 2 is 1.38 bits per heavy atom. The van der Waals surface area contributed by atoms with Crippen molar-refractivity contribution in [2.75, 3.05) is 6.54 Å². The Hall–Kier alpha value is -3.19. The average molecular weight is 358 g/mol. The van der Waals surface area contributed by atoms with Crippen molar-refractivity contribution in [3.63, 3.8) is 0 Å². The van der Waals surface area contributed by atoms with E-state index in [0.29, 0.717) is 6.42 Å². The van der Waals surface area contributed by atoms with Gasteiger partial charge in [-0.1, -0.05) is 60.7 Å². The van der Waals surface area contributed by atoms with Crippen LogP contribution in [-0.2, 0) is 27.2 Å². The van der Waals surface area contributed by atoms with E-state index in [1.165, 1.54) is 0 Å². The number of nitrogens with two attached hydrogens (primary N) is 1. The number of hydrogen-bond acceptors (Lipinski definition) is 4. The molecule has 0 saturated carbocycles. The number of rotatable bonds is 7. The number of hydrogen-bond donors (Lipinski definition) is 4. The van der Waals surface area contributed by atoms with Crippen molar-refractivity contribution in [3.05, 3.63) is 71.8 Å². The fourth-order valence-corrected chi connectivity index (χ4v) is 1.97. The third-order valence-corrected chi connectivity index (χ3v) is 3.26. The zero-order chi connectivity index (χ0) is 19.4. The lowest BCUT2D eigenvalue weighted by molar-refractivity contribution is -0.138. The molecule has 0 aliphatic rings. The van der Waals surface area contributed by atoms with Crippen molar-refractivity contribution < 1.29 is 24.6 Å². The molecule has 0 aromatic heterocycles. The molecule has 26 heavy (non-hydrogen) atoms. The summed E-state index contributed by atoms with van der Waals surface area (Å²) in [5, 5.41) is 19.1. The van der Waals surface area contributed by atoms with Crippen molar-refractivity contribution in [2.45, 2.75) is 18.9 Å². The fraction of sp³-hybridized carbons (Fsp3) is 0.211. The molecule has 7 heteroatoms. The van der Waals surface area contributed by atoms with Crippen LogP contribution in [0.5, 0.6) is 0 Å². The van der Waals surface area contributed by atoms with E-state index >= 15 is 0 Å². The van der Waals surface area contributed by atoms with Crippen molar-refractivity contribution in [1.29, 1.82) is 0 Å². The van der Waals surface area contributed by atoms with Crippen molar-refractivity contribution >= 4 is 17.8 Å². The van der Waals surface area contributed by atoms with Crippen LogP contribution in [0, 0.1) is 0 Å². The molecule has 5 N–H and O–H groups in total. The predicted octanol–water partition coefficient (Wildman–Crippen LogP) is 1.07. The second-order valence-corrected chi connectivity index (χ2v) is 5.47. The lowest BCUT2D eigenvalue weighted by Gasteiger charge is -2.04. The summed E-state index contributed by atoms with van der Waals surface area (Å²) in [5.41, 5.74) is 7.17. The third kappa shape index (κ3) is 9.19. The van der Waals surface area contributed by atoms with Crippen molar-refractivity contribution in [3.8, 4) is 0 Å².